The summed E-state index contributed by atoms with van der Waals surface area (Å²) in [7, 11) is 1.24. The number of nitrogens with two attached hydrogens (primary N) is 1. The zero-order valence-corrected chi connectivity index (χ0v) is 7.47. The van der Waals surface area contributed by atoms with E-state index in [1.54, 1.807) is 0 Å². The molecular formula is C6H11NO4S. The normalized spacial score (nSPS) is 12.2. The van der Waals surface area contributed by atoms with Crippen LogP contribution in [0.25, 0.3) is 0 Å². The Bertz CT molecular complexity index is 173. The van der Waals surface area contributed by atoms with E-state index in [1.165, 1.54) is 7.11 Å². The molecule has 0 heterocycles. The van der Waals surface area contributed by atoms with Crippen LogP contribution in [0.3, 0.4) is 0 Å². The van der Waals surface area contributed by atoms with Crippen molar-refractivity contribution in [3.8, 4) is 0 Å². The number of esters is 1. The van der Waals surface area contributed by atoms with E-state index >= 15 is 0 Å². The van der Waals surface area contributed by atoms with Crippen LogP contribution in [0.5, 0.6) is 0 Å². The lowest BCUT2D eigenvalue weighted by molar-refractivity contribution is -0.141. The minimum absolute atomic E-state index is 0.0509. The smallest absolute Gasteiger partial charge is 0.323 e. The molecule has 0 aliphatic rings. The molecule has 0 aromatic rings. The number of carboxylic acids is 1. The average molecular weight is 193 g/mol. The van der Waals surface area contributed by atoms with E-state index in [1.807, 2.05) is 0 Å². The number of thioether (sulfide) groups is 1. The van der Waals surface area contributed by atoms with Crippen LogP contribution < -0.4 is 5.73 Å². The van der Waals surface area contributed by atoms with Crippen molar-refractivity contribution in [2.75, 3.05) is 18.6 Å². The summed E-state index contributed by atoms with van der Waals surface area (Å²) in [4.78, 5) is 20.7. The minimum Gasteiger partial charge on any atom is -0.481 e. The third-order valence-corrected chi connectivity index (χ3v) is 2.07. The maximum absolute atomic E-state index is 10.7. The summed E-state index contributed by atoms with van der Waals surface area (Å²) in [5.74, 6) is -1.23. The predicted molar refractivity (Wildman–Crippen MR) is 45.0 cm³/mol. The van der Waals surface area contributed by atoms with Gasteiger partial charge >= 0.3 is 11.9 Å². The van der Waals surface area contributed by atoms with Crippen molar-refractivity contribution in [2.24, 2.45) is 5.73 Å². The van der Waals surface area contributed by atoms with Crippen molar-refractivity contribution in [1.82, 2.24) is 0 Å². The molecule has 1 atom stereocenters. The molecule has 0 aromatic heterocycles. The summed E-state index contributed by atoms with van der Waals surface area (Å²) in [6, 6.07) is -0.737. The SMILES string of the molecule is COC(=O)[C@@H](N)CSCC(=O)O. The largest absolute Gasteiger partial charge is 0.481 e. The van der Waals surface area contributed by atoms with Gasteiger partial charge < -0.3 is 15.6 Å². The number of aliphatic carboxylic acids is 1. The van der Waals surface area contributed by atoms with Crippen LogP contribution in [0, 0.1) is 0 Å². The fraction of sp³-hybridized carbons (Fsp3) is 0.667. The number of ether oxygens (including phenoxy) is 1. The van der Waals surface area contributed by atoms with Crippen LogP contribution in [0.4, 0.5) is 0 Å². The Balaban J connectivity index is 3.50. The van der Waals surface area contributed by atoms with Gasteiger partial charge in [0, 0.05) is 5.75 Å². The lowest BCUT2D eigenvalue weighted by atomic mass is 10.4. The van der Waals surface area contributed by atoms with Gasteiger partial charge in [-0.05, 0) is 0 Å². The number of carbonyl (C=O) groups excluding carboxylic acids is 1. The van der Waals surface area contributed by atoms with Gasteiger partial charge in [-0.15, -0.1) is 11.8 Å². The molecule has 0 unspecified atom stereocenters. The maximum Gasteiger partial charge on any atom is 0.323 e. The third-order valence-electron chi connectivity index (χ3n) is 1.03. The van der Waals surface area contributed by atoms with Crippen molar-refractivity contribution < 1.29 is 19.4 Å². The zero-order valence-electron chi connectivity index (χ0n) is 6.65. The second-order valence-corrected chi connectivity index (χ2v) is 3.07. The average Bonchev–Trinajstić information content (AvgIpc) is 2.02. The summed E-state index contributed by atoms with van der Waals surface area (Å²) < 4.78 is 4.34. The van der Waals surface area contributed by atoms with Gasteiger partial charge in [-0.25, -0.2) is 0 Å². The highest BCUT2D eigenvalue weighted by molar-refractivity contribution is 8.00. The fourth-order valence-electron chi connectivity index (χ4n) is 0.493. The molecule has 0 radical (unpaired) electrons. The highest BCUT2D eigenvalue weighted by Gasteiger charge is 2.13. The van der Waals surface area contributed by atoms with Crippen LogP contribution in [0.1, 0.15) is 0 Å². The Morgan fingerprint density at radius 2 is 2.25 bits per heavy atom. The van der Waals surface area contributed by atoms with Gasteiger partial charge in [0.2, 0.25) is 0 Å². The molecule has 0 aromatic carbocycles. The monoisotopic (exact) mass is 193 g/mol. The zero-order chi connectivity index (χ0) is 9.56. The lowest BCUT2D eigenvalue weighted by Crippen LogP contribution is -2.34. The molecule has 3 N–H and O–H groups in total. The van der Waals surface area contributed by atoms with Crippen LogP contribution >= 0.6 is 11.8 Å². The lowest BCUT2D eigenvalue weighted by Gasteiger charge is -2.06. The number of carbonyl (C=O) groups is 2. The van der Waals surface area contributed by atoms with Gasteiger partial charge in [-0.3, -0.25) is 9.59 Å². The molecule has 0 rings (SSSR count). The predicted octanol–water partition coefficient (Wildman–Crippen LogP) is -0.695. The van der Waals surface area contributed by atoms with Crippen LogP contribution in [0.2, 0.25) is 0 Å². The summed E-state index contributed by atoms with van der Waals surface area (Å²) >= 11 is 1.09. The van der Waals surface area contributed by atoms with Crippen molar-refractivity contribution in [3.63, 3.8) is 0 Å². The molecule has 0 aliphatic heterocycles. The van der Waals surface area contributed by atoms with Gasteiger partial charge in [0.05, 0.1) is 12.9 Å². The van der Waals surface area contributed by atoms with E-state index in [9.17, 15) is 9.59 Å². The van der Waals surface area contributed by atoms with Crippen LogP contribution in [-0.4, -0.2) is 41.7 Å². The van der Waals surface area contributed by atoms with Gasteiger partial charge in [-0.2, -0.15) is 0 Å². The van der Waals surface area contributed by atoms with Gasteiger partial charge in [0.1, 0.15) is 6.04 Å². The fourth-order valence-corrected chi connectivity index (χ4v) is 1.18. The van der Waals surface area contributed by atoms with Crippen molar-refractivity contribution in [3.05, 3.63) is 0 Å². The van der Waals surface area contributed by atoms with E-state index in [2.05, 4.69) is 4.74 Å². The Labute approximate surface area is 74.3 Å². The number of hydrogen-bond acceptors (Lipinski definition) is 5. The van der Waals surface area contributed by atoms with E-state index < -0.39 is 18.0 Å². The second-order valence-electron chi connectivity index (χ2n) is 2.04. The first kappa shape index (κ1) is 11.2. The molecule has 70 valence electrons. The van der Waals surface area contributed by atoms with Gasteiger partial charge in [0.25, 0.3) is 0 Å². The minimum atomic E-state index is -0.919. The number of hydrogen-bond donors (Lipinski definition) is 2. The standard InChI is InChI=1S/C6H11NO4S/c1-11-6(10)4(7)2-12-3-5(8)9/h4H,2-3,7H2,1H3,(H,8,9)/t4-/m0/s1. The molecule has 0 saturated heterocycles. The Morgan fingerprint density at radius 3 is 2.67 bits per heavy atom. The van der Waals surface area contributed by atoms with E-state index in [0.717, 1.165) is 11.8 Å². The van der Waals surface area contributed by atoms with Crippen molar-refractivity contribution >= 4 is 23.7 Å². The van der Waals surface area contributed by atoms with E-state index in [0.29, 0.717) is 0 Å². The molecule has 0 fully saturated rings. The molecule has 0 bridgehead atoms. The van der Waals surface area contributed by atoms with E-state index in [4.69, 9.17) is 10.8 Å². The summed E-state index contributed by atoms with van der Waals surface area (Å²) in [5.41, 5.74) is 5.33. The van der Waals surface area contributed by atoms with Gasteiger partial charge in [-0.1, -0.05) is 0 Å². The second kappa shape index (κ2) is 5.84. The molecule has 5 nitrogen and oxygen atoms in total. The molecule has 6 heteroatoms. The van der Waals surface area contributed by atoms with Crippen LogP contribution in [0.15, 0.2) is 0 Å². The van der Waals surface area contributed by atoms with Gasteiger partial charge in [0.15, 0.2) is 0 Å². The summed E-state index contributed by atoms with van der Waals surface area (Å²) in [6.07, 6.45) is 0. The first-order valence-corrected chi connectivity index (χ1v) is 4.36. The number of carboxylic acid groups (broad SMARTS) is 1. The quantitative estimate of drug-likeness (QED) is 0.561. The first-order chi connectivity index (χ1) is 5.57. The van der Waals surface area contributed by atoms with Crippen LogP contribution in [-0.2, 0) is 14.3 Å². The highest BCUT2D eigenvalue weighted by Crippen LogP contribution is 2.01. The van der Waals surface area contributed by atoms with Crippen molar-refractivity contribution in [1.29, 1.82) is 0 Å². The Hall–Kier alpha value is -0.750. The third kappa shape index (κ3) is 4.97. The van der Waals surface area contributed by atoms with E-state index in [-0.39, 0.29) is 11.5 Å². The van der Waals surface area contributed by atoms with Crippen molar-refractivity contribution in [2.45, 2.75) is 6.04 Å². The molecule has 0 aliphatic carbocycles. The molecule has 0 amide bonds. The number of methoxy groups -OCH3 is 1. The first-order valence-electron chi connectivity index (χ1n) is 3.21. The molecule has 0 spiro atoms. The molecule has 12 heavy (non-hydrogen) atoms. The summed E-state index contributed by atoms with van der Waals surface area (Å²) in [5, 5.41) is 8.24. The molecular weight excluding hydrogens is 182 g/mol. The maximum atomic E-state index is 10.7. The topological polar surface area (TPSA) is 89.6 Å². The number of rotatable bonds is 5. The summed E-state index contributed by atoms with van der Waals surface area (Å²) in [6.45, 7) is 0. The molecule has 0 saturated carbocycles. The Kier molecular flexibility index (Phi) is 5.48. The highest BCUT2D eigenvalue weighted by atomic mass is 32.2. The Morgan fingerprint density at radius 1 is 1.67 bits per heavy atom.